The van der Waals surface area contributed by atoms with Crippen LogP contribution in [0.4, 0.5) is 17.6 Å². The van der Waals surface area contributed by atoms with Gasteiger partial charge in [-0.15, -0.1) is 0 Å². The number of fused-ring (bicyclic) bond motifs is 3. The van der Waals surface area contributed by atoms with Gasteiger partial charge in [-0.2, -0.15) is 14.4 Å². The van der Waals surface area contributed by atoms with Crippen LogP contribution in [-0.4, -0.2) is 70.5 Å². The zero-order valence-electron chi connectivity index (χ0n) is 18.8. The van der Waals surface area contributed by atoms with E-state index in [1.165, 1.54) is 7.11 Å². The molecule has 2 unspecified atom stereocenters. The molecule has 0 aliphatic carbocycles. The quantitative estimate of drug-likeness (QED) is 0.458. The topological polar surface area (TPSA) is 125 Å². The number of piperidine rings is 1. The largest absolute Gasteiger partial charge is 0.384 e. The van der Waals surface area contributed by atoms with Gasteiger partial charge in [0.25, 0.3) is 0 Å². The van der Waals surface area contributed by atoms with Crippen molar-refractivity contribution in [3.8, 4) is 0 Å². The van der Waals surface area contributed by atoms with Crippen LogP contribution in [0.3, 0.4) is 0 Å². The molecule has 2 aliphatic heterocycles. The highest BCUT2D eigenvalue weighted by molar-refractivity contribution is 7.89. The molecule has 0 radical (unpaired) electrons. The summed E-state index contributed by atoms with van der Waals surface area (Å²) >= 11 is 0. The molecule has 0 amide bonds. The first-order valence-electron chi connectivity index (χ1n) is 11.3. The Bertz CT molecular complexity index is 1230. The molecule has 33 heavy (non-hydrogen) atoms. The summed E-state index contributed by atoms with van der Waals surface area (Å²) in [6.07, 6.45) is 3.25. The molecule has 1 aromatic carbocycles. The third-order valence-corrected chi connectivity index (χ3v) is 8.34. The molecule has 0 saturated carbocycles. The SMILES string of the molecule is COCCS(=O)(=O)N1C2CCC1CC(Nc1nc(Nc3cc(C)[nH]n3)c3ccccc3n1)C2. The summed E-state index contributed by atoms with van der Waals surface area (Å²) in [5.41, 5.74) is 1.78. The number of aryl methyl sites for hydroxylation is 1. The van der Waals surface area contributed by atoms with Crippen molar-refractivity contribution in [2.24, 2.45) is 0 Å². The molecule has 10 nitrogen and oxygen atoms in total. The summed E-state index contributed by atoms with van der Waals surface area (Å²) in [5, 5.41) is 14.9. The fourth-order valence-electron chi connectivity index (χ4n) is 5.02. The molecular formula is C22H29N7O3S. The Labute approximate surface area is 193 Å². The van der Waals surface area contributed by atoms with Gasteiger partial charge in [-0.1, -0.05) is 12.1 Å². The number of benzene rings is 1. The van der Waals surface area contributed by atoms with Crippen LogP contribution in [0.1, 0.15) is 31.4 Å². The highest BCUT2D eigenvalue weighted by Crippen LogP contribution is 2.39. The second-order valence-electron chi connectivity index (χ2n) is 8.81. The lowest BCUT2D eigenvalue weighted by Gasteiger charge is -2.38. The highest BCUT2D eigenvalue weighted by atomic mass is 32.2. The van der Waals surface area contributed by atoms with Crippen molar-refractivity contribution in [1.82, 2.24) is 24.5 Å². The van der Waals surface area contributed by atoms with Crippen LogP contribution in [0.15, 0.2) is 30.3 Å². The van der Waals surface area contributed by atoms with E-state index in [0.717, 1.165) is 42.3 Å². The van der Waals surface area contributed by atoms with Crippen LogP contribution in [0.5, 0.6) is 0 Å². The van der Waals surface area contributed by atoms with E-state index in [0.29, 0.717) is 17.6 Å². The van der Waals surface area contributed by atoms with Crippen molar-refractivity contribution in [2.45, 2.75) is 50.7 Å². The van der Waals surface area contributed by atoms with Crippen molar-refractivity contribution >= 4 is 38.5 Å². The van der Waals surface area contributed by atoms with E-state index in [9.17, 15) is 8.42 Å². The maximum atomic E-state index is 12.8. The molecule has 3 aromatic rings. The summed E-state index contributed by atoms with van der Waals surface area (Å²) in [4.78, 5) is 9.46. The Kier molecular flexibility index (Phi) is 5.94. The van der Waals surface area contributed by atoms with Gasteiger partial charge >= 0.3 is 0 Å². The number of hydrogen-bond acceptors (Lipinski definition) is 8. The predicted molar refractivity (Wildman–Crippen MR) is 127 cm³/mol. The number of hydrogen-bond donors (Lipinski definition) is 3. The number of para-hydroxylation sites is 1. The van der Waals surface area contributed by atoms with Crippen molar-refractivity contribution < 1.29 is 13.2 Å². The minimum absolute atomic E-state index is 0.00758. The van der Waals surface area contributed by atoms with Gasteiger partial charge < -0.3 is 15.4 Å². The fourth-order valence-corrected chi connectivity index (χ4v) is 6.90. The number of methoxy groups -OCH3 is 1. The Morgan fingerprint density at radius 3 is 2.64 bits per heavy atom. The van der Waals surface area contributed by atoms with E-state index in [1.807, 2.05) is 37.3 Å². The highest BCUT2D eigenvalue weighted by Gasteiger charge is 2.46. The minimum atomic E-state index is -3.32. The lowest BCUT2D eigenvalue weighted by molar-refractivity contribution is 0.207. The normalized spacial score (nSPS) is 23.2. The van der Waals surface area contributed by atoms with Crippen LogP contribution >= 0.6 is 0 Å². The van der Waals surface area contributed by atoms with Gasteiger partial charge in [0.1, 0.15) is 5.82 Å². The Morgan fingerprint density at radius 2 is 1.94 bits per heavy atom. The zero-order chi connectivity index (χ0) is 23.0. The monoisotopic (exact) mass is 471 g/mol. The Balaban J connectivity index is 1.36. The van der Waals surface area contributed by atoms with Crippen LogP contribution in [0.2, 0.25) is 0 Å². The van der Waals surface area contributed by atoms with E-state index >= 15 is 0 Å². The Morgan fingerprint density at radius 1 is 1.18 bits per heavy atom. The van der Waals surface area contributed by atoms with Gasteiger partial charge in [-0.3, -0.25) is 5.10 Å². The molecule has 11 heteroatoms. The third-order valence-electron chi connectivity index (χ3n) is 6.42. The average Bonchev–Trinajstić information content (AvgIpc) is 3.33. The van der Waals surface area contributed by atoms with Gasteiger partial charge in [-0.25, -0.2) is 13.4 Å². The molecule has 4 heterocycles. The lowest BCUT2D eigenvalue weighted by atomic mass is 10.00. The van der Waals surface area contributed by atoms with Crippen LogP contribution in [-0.2, 0) is 14.8 Å². The maximum absolute atomic E-state index is 12.8. The summed E-state index contributed by atoms with van der Waals surface area (Å²) in [6, 6.07) is 9.88. The first-order chi connectivity index (χ1) is 15.9. The van der Waals surface area contributed by atoms with Gasteiger partial charge in [0.15, 0.2) is 5.82 Å². The van der Waals surface area contributed by atoms with Gasteiger partial charge in [-0.05, 0) is 44.7 Å². The summed E-state index contributed by atoms with van der Waals surface area (Å²) in [6.45, 7) is 2.16. The summed E-state index contributed by atoms with van der Waals surface area (Å²) < 4.78 is 32.4. The number of nitrogens with zero attached hydrogens (tertiary/aromatic N) is 4. The minimum Gasteiger partial charge on any atom is -0.384 e. The van der Waals surface area contributed by atoms with Gasteiger partial charge in [0.2, 0.25) is 16.0 Å². The fraction of sp³-hybridized carbons (Fsp3) is 0.500. The molecule has 2 aromatic heterocycles. The third kappa shape index (κ3) is 4.53. The molecule has 2 saturated heterocycles. The molecule has 176 valence electrons. The number of nitrogens with one attached hydrogen (secondary N) is 3. The molecule has 5 rings (SSSR count). The molecule has 2 fully saturated rings. The Hall–Kier alpha value is -2.76. The van der Waals surface area contributed by atoms with E-state index in [2.05, 4.69) is 20.8 Å². The first kappa shape index (κ1) is 22.1. The number of ether oxygens (including phenoxy) is 1. The van der Waals surface area contributed by atoms with E-state index < -0.39 is 10.0 Å². The first-order valence-corrected chi connectivity index (χ1v) is 12.9. The summed E-state index contributed by atoms with van der Waals surface area (Å²) in [5.74, 6) is 1.93. The molecule has 2 aliphatic rings. The summed E-state index contributed by atoms with van der Waals surface area (Å²) in [7, 11) is -1.79. The van der Waals surface area contributed by atoms with Crippen LogP contribution in [0.25, 0.3) is 10.9 Å². The average molecular weight is 472 g/mol. The number of H-pyrrole nitrogens is 1. The van der Waals surface area contributed by atoms with Crippen molar-refractivity contribution in [2.75, 3.05) is 30.1 Å². The van der Waals surface area contributed by atoms with E-state index in [4.69, 9.17) is 14.7 Å². The standard InChI is InChI=1S/C22H29N7O3S/c1-14-11-20(28-27-14)25-21-18-5-3-4-6-19(18)24-22(26-21)23-15-12-16-7-8-17(13-15)29(16)33(30,31)10-9-32-2/h3-6,11,15-17H,7-10,12-13H2,1-2H3,(H3,23,24,25,26,27,28). The number of aromatic amines is 1. The van der Waals surface area contributed by atoms with Crippen LogP contribution in [0, 0.1) is 6.92 Å². The molecule has 2 atom stereocenters. The molecule has 0 spiro atoms. The molecule has 2 bridgehead atoms. The van der Waals surface area contributed by atoms with Crippen molar-refractivity contribution in [3.05, 3.63) is 36.0 Å². The second-order valence-corrected chi connectivity index (χ2v) is 10.8. The lowest BCUT2D eigenvalue weighted by Crippen LogP contribution is -2.50. The van der Waals surface area contributed by atoms with E-state index in [-0.39, 0.29) is 30.5 Å². The second kappa shape index (κ2) is 8.88. The van der Waals surface area contributed by atoms with E-state index in [1.54, 1.807) is 4.31 Å². The number of anilines is 3. The maximum Gasteiger partial charge on any atom is 0.225 e. The van der Waals surface area contributed by atoms with Crippen LogP contribution < -0.4 is 10.6 Å². The molecular weight excluding hydrogens is 442 g/mol. The number of sulfonamides is 1. The smallest absolute Gasteiger partial charge is 0.225 e. The van der Waals surface area contributed by atoms with Crippen molar-refractivity contribution in [1.29, 1.82) is 0 Å². The predicted octanol–water partition coefficient (Wildman–Crippen LogP) is 2.79. The van der Waals surface area contributed by atoms with Gasteiger partial charge in [0, 0.05) is 42.4 Å². The van der Waals surface area contributed by atoms with Gasteiger partial charge in [0.05, 0.1) is 17.9 Å². The number of rotatable bonds is 8. The number of aromatic nitrogens is 4. The molecule has 3 N–H and O–H groups in total. The zero-order valence-corrected chi connectivity index (χ0v) is 19.6. The van der Waals surface area contributed by atoms with Crippen molar-refractivity contribution in [3.63, 3.8) is 0 Å².